The number of hydrogen-bond acceptors (Lipinski definition) is 11. The van der Waals surface area contributed by atoms with Gasteiger partial charge in [-0.3, -0.25) is 28.6 Å². The van der Waals surface area contributed by atoms with Crippen molar-refractivity contribution in [3.05, 3.63) is 109 Å². The molecule has 3 saturated heterocycles. The zero-order valence-corrected chi connectivity index (χ0v) is 47.7. The van der Waals surface area contributed by atoms with Gasteiger partial charge in [0.25, 0.3) is 5.56 Å². The molecule has 3 N–H and O–H groups in total. The number of nitrogens with one attached hydrogen (secondary N) is 2. The van der Waals surface area contributed by atoms with Crippen LogP contribution in [0.1, 0.15) is 144 Å². The van der Waals surface area contributed by atoms with Crippen LogP contribution in [0.25, 0.3) is 27.0 Å². The molecule has 4 aliphatic heterocycles. The summed E-state index contributed by atoms with van der Waals surface area (Å²) in [4.78, 5) is 74.8. The van der Waals surface area contributed by atoms with Crippen LogP contribution in [-0.2, 0) is 24.5 Å². The average molecular weight is 1130 g/mol. The fourth-order valence-electron chi connectivity index (χ4n) is 15.1. The summed E-state index contributed by atoms with van der Waals surface area (Å²) in [5, 5.41) is 18.4. The van der Waals surface area contributed by atoms with Gasteiger partial charge >= 0.3 is 0 Å². The molecule has 3 amide bonds. The smallest absolute Gasteiger partial charge is 0.281 e. The number of likely N-dealkylation sites (tertiary alicyclic amines) is 2. The summed E-state index contributed by atoms with van der Waals surface area (Å²) < 4.78 is 8.74. The van der Waals surface area contributed by atoms with Crippen molar-refractivity contribution in [1.82, 2.24) is 39.9 Å². The van der Waals surface area contributed by atoms with E-state index in [1.54, 1.807) is 11.3 Å². The summed E-state index contributed by atoms with van der Waals surface area (Å²) in [6.45, 7) is 14.2. The SMILES string of the molecule is Cc1ncsc1-c1ccc([C@H](CN2CCOCC2)NC(=O)[C@@H]2C[C@@H](O)CN2C(=O)[C@@H](NC(=O)C23CCC(CN4CCC(c5ccc6c(c5)-n5c(nc(=O)c7c(Br)cccc75)C65CCCCC5)CC4)(CC2)C3)C(C)(C)C)cc1. The number of carbonyl (C=O) groups is 3. The predicted molar refractivity (Wildman–Crippen MR) is 303 cm³/mol. The number of carbonyl (C=O) groups excluding carboxylic acids is 3. The van der Waals surface area contributed by atoms with Gasteiger partial charge in [0.15, 0.2) is 0 Å². The van der Waals surface area contributed by atoms with Crippen LogP contribution < -0.4 is 16.2 Å². The van der Waals surface area contributed by atoms with Crippen LogP contribution in [0.5, 0.6) is 0 Å². The maximum atomic E-state index is 14.9. The van der Waals surface area contributed by atoms with Gasteiger partial charge in [-0.15, -0.1) is 11.3 Å². The zero-order valence-electron chi connectivity index (χ0n) is 45.3. The molecular formula is C61H75BrN8O6S. The molecule has 1 spiro atoms. The molecule has 77 heavy (non-hydrogen) atoms. The maximum absolute atomic E-state index is 14.9. The molecule has 3 saturated carbocycles. The second kappa shape index (κ2) is 20.7. The number of aromatic nitrogens is 3. The van der Waals surface area contributed by atoms with E-state index in [0.717, 1.165) is 141 Å². The zero-order chi connectivity index (χ0) is 53.4. The van der Waals surface area contributed by atoms with Gasteiger partial charge in [-0.25, -0.2) is 4.98 Å². The molecule has 6 fully saturated rings. The summed E-state index contributed by atoms with van der Waals surface area (Å²) in [7, 11) is 0. The van der Waals surface area contributed by atoms with Gasteiger partial charge in [-0.1, -0.05) is 82.5 Å². The van der Waals surface area contributed by atoms with Crippen LogP contribution in [0.3, 0.4) is 0 Å². The molecule has 408 valence electrons. The van der Waals surface area contributed by atoms with Gasteiger partial charge in [0.1, 0.15) is 17.9 Å². The Kier molecular flexibility index (Phi) is 14.2. The standard InChI is InChI=1S/C61H75BrN8O6S/c1-38-51(77-37-63-38)41-13-11-40(12-14-41)46(34-67-27-29-76-30-28-67)64-53(72)49-32-43(71)33-69(49)55(74)52(58(2,3)4)65-57(75)60-23-21-59(35-60,22-24-60)36-68-25-17-39(18-26-68)42-15-16-44-48(31-42)70-47-10-8-9-45(62)50(47)54(73)66-56(70)61(44)19-6-5-7-20-61/h8-16,31,37,39,43,46,49,52,71H,5-7,17-30,32-36H2,1-4H3,(H,64,72)(H,65,75)/t43-,46+,49+,52-,59?,60?/m1/s1. The van der Waals surface area contributed by atoms with Crippen LogP contribution in [0.15, 0.2) is 75.4 Å². The molecule has 2 aromatic heterocycles. The number of hydrogen-bond donors (Lipinski definition) is 3. The second-order valence-corrected chi connectivity index (χ2v) is 26.9. The molecule has 16 heteroatoms. The predicted octanol–water partition coefficient (Wildman–Crippen LogP) is 8.96. The fourth-order valence-corrected chi connectivity index (χ4v) is 16.4. The summed E-state index contributed by atoms with van der Waals surface area (Å²) in [5.74, 6) is 0.647. The quantitative estimate of drug-likeness (QED) is 0.110. The molecule has 3 aliphatic carbocycles. The Labute approximate surface area is 464 Å². The highest BCUT2D eigenvalue weighted by molar-refractivity contribution is 9.10. The van der Waals surface area contributed by atoms with E-state index in [4.69, 9.17) is 9.72 Å². The van der Waals surface area contributed by atoms with Crippen molar-refractivity contribution in [3.63, 3.8) is 0 Å². The number of aliphatic hydroxyl groups excluding tert-OH is 1. The van der Waals surface area contributed by atoms with Crippen LogP contribution >= 0.6 is 27.3 Å². The molecule has 14 nitrogen and oxygen atoms in total. The number of thiazole rings is 1. The van der Waals surface area contributed by atoms with Crippen molar-refractivity contribution in [2.45, 2.75) is 147 Å². The highest BCUT2D eigenvalue weighted by Crippen LogP contribution is 2.62. The number of amides is 3. The van der Waals surface area contributed by atoms with Gasteiger partial charge in [0, 0.05) is 49.0 Å². The Morgan fingerprint density at radius 1 is 0.909 bits per heavy atom. The van der Waals surface area contributed by atoms with Crippen molar-refractivity contribution in [1.29, 1.82) is 0 Å². The largest absolute Gasteiger partial charge is 0.391 e. The topological polar surface area (TPSA) is 162 Å². The summed E-state index contributed by atoms with van der Waals surface area (Å²) in [6, 6.07) is 19.3. The number of benzene rings is 3. The van der Waals surface area contributed by atoms with E-state index in [0.29, 0.717) is 31.1 Å². The van der Waals surface area contributed by atoms with Crippen molar-refractivity contribution in [2.24, 2.45) is 16.2 Å². The van der Waals surface area contributed by atoms with Crippen molar-refractivity contribution < 1.29 is 24.2 Å². The van der Waals surface area contributed by atoms with Gasteiger partial charge in [-0.2, -0.15) is 4.98 Å². The minimum atomic E-state index is -0.890. The van der Waals surface area contributed by atoms with Gasteiger partial charge in [0.05, 0.1) is 63.4 Å². The number of piperidine rings is 1. The first-order chi connectivity index (χ1) is 37.0. The molecule has 0 radical (unpaired) electrons. The number of nitrogens with zero attached hydrogens (tertiary/aromatic N) is 6. The van der Waals surface area contributed by atoms with Crippen molar-refractivity contribution in [2.75, 3.05) is 59.0 Å². The van der Waals surface area contributed by atoms with E-state index in [2.05, 4.69) is 94.4 Å². The van der Waals surface area contributed by atoms with Gasteiger partial charge < -0.3 is 30.3 Å². The maximum Gasteiger partial charge on any atom is 0.281 e. The van der Waals surface area contributed by atoms with Gasteiger partial charge in [-0.05, 0) is 151 Å². The Morgan fingerprint density at radius 3 is 2.35 bits per heavy atom. The molecule has 6 heterocycles. The number of morpholine rings is 1. The number of aliphatic hydroxyl groups is 1. The van der Waals surface area contributed by atoms with Crippen LogP contribution in [-0.4, -0.2) is 129 Å². The normalized spacial score (nSPS) is 26.2. The van der Waals surface area contributed by atoms with E-state index in [1.165, 1.54) is 28.1 Å². The van der Waals surface area contributed by atoms with Crippen molar-refractivity contribution in [3.8, 4) is 16.1 Å². The Hall–Kier alpha value is -4.84. The lowest BCUT2D eigenvalue weighted by Gasteiger charge is -2.38. The van der Waals surface area contributed by atoms with Crippen LogP contribution in [0.2, 0.25) is 0 Å². The van der Waals surface area contributed by atoms with E-state index in [1.807, 2.05) is 45.3 Å². The minimum absolute atomic E-state index is 0.0254. The molecule has 0 unspecified atom stereocenters. The summed E-state index contributed by atoms with van der Waals surface area (Å²) in [6.07, 6.45) is 11.3. The first-order valence-corrected chi connectivity index (χ1v) is 30.2. The van der Waals surface area contributed by atoms with E-state index >= 15 is 0 Å². The fraction of sp³-hybridized carbons (Fsp3) is 0.574. The molecule has 2 bridgehead atoms. The monoisotopic (exact) mass is 1130 g/mol. The lowest BCUT2D eigenvalue weighted by atomic mass is 9.69. The summed E-state index contributed by atoms with van der Waals surface area (Å²) >= 11 is 5.27. The van der Waals surface area contributed by atoms with Crippen LogP contribution in [0, 0.1) is 23.2 Å². The van der Waals surface area contributed by atoms with Crippen LogP contribution in [0.4, 0.5) is 0 Å². The lowest BCUT2D eigenvalue weighted by molar-refractivity contribution is -0.145. The number of halogens is 1. The minimum Gasteiger partial charge on any atom is -0.391 e. The molecule has 4 atom stereocenters. The third-order valence-corrected chi connectivity index (χ3v) is 20.9. The number of rotatable bonds is 12. The molecule has 3 aromatic carbocycles. The number of aryl methyl sites for hydroxylation is 1. The first kappa shape index (κ1) is 52.8. The van der Waals surface area contributed by atoms with E-state index in [-0.39, 0.29) is 53.1 Å². The Balaban J connectivity index is 0.703. The third kappa shape index (κ3) is 9.72. The van der Waals surface area contributed by atoms with Crippen molar-refractivity contribution >= 4 is 55.9 Å². The van der Waals surface area contributed by atoms with Gasteiger partial charge in [0.2, 0.25) is 17.7 Å². The van der Waals surface area contributed by atoms with E-state index in [9.17, 15) is 24.3 Å². The Morgan fingerprint density at radius 2 is 1.65 bits per heavy atom. The first-order valence-electron chi connectivity index (χ1n) is 28.5. The highest BCUT2D eigenvalue weighted by Gasteiger charge is 2.59. The molecule has 7 aliphatic rings. The number of ether oxygens (including phenoxy) is 1. The highest BCUT2D eigenvalue weighted by atomic mass is 79.9. The lowest BCUT2D eigenvalue weighted by Crippen LogP contribution is -2.59. The molecule has 12 rings (SSSR count). The molecular weight excluding hydrogens is 1050 g/mol. The third-order valence-electron chi connectivity index (χ3n) is 19.3. The second-order valence-electron chi connectivity index (χ2n) is 25.2. The average Bonchev–Trinajstić information content (AvgIpc) is 4.41. The number of β-amino-alcohol motifs (C(OH)–C–C–N with tert-alkyl or cyclic N) is 1. The number of fused-ring (bicyclic) bond motifs is 9. The summed E-state index contributed by atoms with van der Waals surface area (Å²) in [5.41, 5.74) is 8.10. The molecule has 5 aromatic rings. The Bertz CT molecular complexity index is 3120. The van der Waals surface area contributed by atoms with E-state index < -0.39 is 29.0 Å².